The number of aryl methyl sites for hydroxylation is 1. The molecule has 0 aliphatic rings. The standard InChI is InChI=1S/C13H16O2/c1-9-8-15-12(10(9)2)13(3,4)11-6-5-7-14-11/h5-8H,1-4H3. The fraction of sp³-hybridized carbons (Fsp3) is 0.385. The fourth-order valence-corrected chi connectivity index (χ4v) is 1.87. The molecule has 2 aromatic rings. The summed E-state index contributed by atoms with van der Waals surface area (Å²) in [5, 5.41) is 0. The van der Waals surface area contributed by atoms with Crippen LogP contribution in [-0.2, 0) is 5.41 Å². The summed E-state index contributed by atoms with van der Waals surface area (Å²) < 4.78 is 11.1. The third-order valence-corrected chi connectivity index (χ3v) is 2.99. The van der Waals surface area contributed by atoms with Gasteiger partial charge in [0, 0.05) is 0 Å². The van der Waals surface area contributed by atoms with Gasteiger partial charge in [0.25, 0.3) is 0 Å². The van der Waals surface area contributed by atoms with E-state index in [1.165, 1.54) is 11.1 Å². The van der Waals surface area contributed by atoms with Gasteiger partial charge in [0.1, 0.15) is 11.5 Å². The quantitative estimate of drug-likeness (QED) is 0.743. The zero-order valence-electron chi connectivity index (χ0n) is 9.63. The molecule has 2 heteroatoms. The van der Waals surface area contributed by atoms with Gasteiger partial charge in [0.05, 0.1) is 17.9 Å². The summed E-state index contributed by atoms with van der Waals surface area (Å²) in [4.78, 5) is 0. The van der Waals surface area contributed by atoms with Crippen molar-refractivity contribution in [2.24, 2.45) is 0 Å². The monoisotopic (exact) mass is 204 g/mol. The molecule has 0 amide bonds. The molecule has 0 unspecified atom stereocenters. The molecule has 2 aromatic heterocycles. The van der Waals surface area contributed by atoms with E-state index in [0.717, 1.165) is 11.5 Å². The highest BCUT2D eigenvalue weighted by Crippen LogP contribution is 2.35. The molecule has 0 spiro atoms. The Bertz CT molecular complexity index is 447. The average molecular weight is 204 g/mol. The second kappa shape index (κ2) is 3.30. The minimum atomic E-state index is -0.207. The average Bonchev–Trinajstić information content (AvgIpc) is 2.78. The van der Waals surface area contributed by atoms with Gasteiger partial charge in [-0.05, 0) is 51.0 Å². The van der Waals surface area contributed by atoms with Gasteiger partial charge in [-0.15, -0.1) is 0 Å². The summed E-state index contributed by atoms with van der Waals surface area (Å²) in [6.07, 6.45) is 3.50. The maximum Gasteiger partial charge on any atom is 0.120 e. The zero-order chi connectivity index (χ0) is 11.1. The highest BCUT2D eigenvalue weighted by atomic mass is 16.3. The number of hydrogen-bond acceptors (Lipinski definition) is 2. The first kappa shape index (κ1) is 10.1. The van der Waals surface area contributed by atoms with Crippen molar-refractivity contribution in [2.45, 2.75) is 33.1 Å². The van der Waals surface area contributed by atoms with Crippen LogP contribution in [-0.4, -0.2) is 0 Å². The van der Waals surface area contributed by atoms with E-state index in [2.05, 4.69) is 27.7 Å². The lowest BCUT2D eigenvalue weighted by atomic mass is 9.85. The molecule has 15 heavy (non-hydrogen) atoms. The predicted molar refractivity (Wildman–Crippen MR) is 59.0 cm³/mol. The van der Waals surface area contributed by atoms with Gasteiger partial charge in [-0.3, -0.25) is 0 Å². The molecule has 0 bridgehead atoms. The number of furan rings is 2. The smallest absolute Gasteiger partial charge is 0.120 e. The van der Waals surface area contributed by atoms with Crippen molar-refractivity contribution < 1.29 is 8.83 Å². The summed E-state index contributed by atoms with van der Waals surface area (Å²) in [6, 6.07) is 3.89. The highest BCUT2D eigenvalue weighted by Gasteiger charge is 2.31. The lowest BCUT2D eigenvalue weighted by Gasteiger charge is -2.20. The molecular formula is C13H16O2. The first-order valence-electron chi connectivity index (χ1n) is 5.12. The van der Waals surface area contributed by atoms with Crippen LogP contribution in [0.5, 0.6) is 0 Å². The summed E-state index contributed by atoms with van der Waals surface area (Å²) >= 11 is 0. The molecule has 0 aliphatic heterocycles. The topological polar surface area (TPSA) is 26.3 Å². The predicted octanol–water partition coefficient (Wildman–Crippen LogP) is 3.82. The van der Waals surface area contributed by atoms with Crippen LogP contribution < -0.4 is 0 Å². The van der Waals surface area contributed by atoms with Crippen molar-refractivity contribution in [3.8, 4) is 0 Å². The molecule has 2 heterocycles. The van der Waals surface area contributed by atoms with E-state index in [1.807, 2.05) is 12.1 Å². The van der Waals surface area contributed by atoms with Gasteiger partial charge in [0.2, 0.25) is 0 Å². The van der Waals surface area contributed by atoms with E-state index in [1.54, 1.807) is 12.5 Å². The molecule has 80 valence electrons. The minimum Gasteiger partial charge on any atom is -0.468 e. The molecule has 2 rings (SSSR count). The van der Waals surface area contributed by atoms with Crippen LogP contribution in [0, 0.1) is 13.8 Å². The minimum absolute atomic E-state index is 0.207. The molecule has 0 saturated carbocycles. The Morgan fingerprint density at radius 1 is 1.13 bits per heavy atom. The Morgan fingerprint density at radius 2 is 1.87 bits per heavy atom. The maximum absolute atomic E-state index is 5.62. The summed E-state index contributed by atoms with van der Waals surface area (Å²) in [6.45, 7) is 8.35. The maximum atomic E-state index is 5.62. The van der Waals surface area contributed by atoms with Crippen molar-refractivity contribution in [3.05, 3.63) is 47.3 Å². The van der Waals surface area contributed by atoms with Crippen LogP contribution in [0.2, 0.25) is 0 Å². The van der Waals surface area contributed by atoms with Crippen LogP contribution >= 0.6 is 0 Å². The SMILES string of the molecule is Cc1coc(C(C)(C)c2ccco2)c1C. The molecule has 2 nitrogen and oxygen atoms in total. The van der Waals surface area contributed by atoms with Crippen LogP contribution in [0.25, 0.3) is 0 Å². The van der Waals surface area contributed by atoms with E-state index in [9.17, 15) is 0 Å². The Kier molecular flexibility index (Phi) is 2.22. The number of rotatable bonds is 2. The van der Waals surface area contributed by atoms with Gasteiger partial charge >= 0.3 is 0 Å². The summed E-state index contributed by atoms with van der Waals surface area (Å²) in [5.41, 5.74) is 2.18. The third kappa shape index (κ3) is 1.50. The normalized spacial score (nSPS) is 12.0. The van der Waals surface area contributed by atoms with Gasteiger partial charge in [-0.25, -0.2) is 0 Å². The molecule has 0 fully saturated rings. The second-order valence-corrected chi connectivity index (χ2v) is 4.48. The van der Waals surface area contributed by atoms with Gasteiger partial charge < -0.3 is 8.83 Å². The summed E-state index contributed by atoms with van der Waals surface area (Å²) in [7, 11) is 0. The van der Waals surface area contributed by atoms with Gasteiger partial charge in [-0.1, -0.05) is 0 Å². The molecule has 0 saturated heterocycles. The van der Waals surface area contributed by atoms with Gasteiger partial charge in [-0.2, -0.15) is 0 Å². The molecule has 0 atom stereocenters. The molecule has 0 aromatic carbocycles. The lowest BCUT2D eigenvalue weighted by molar-refractivity contribution is 0.362. The fourth-order valence-electron chi connectivity index (χ4n) is 1.87. The highest BCUT2D eigenvalue weighted by molar-refractivity contribution is 5.35. The Labute approximate surface area is 89.9 Å². The van der Waals surface area contributed by atoms with E-state index in [-0.39, 0.29) is 5.41 Å². The van der Waals surface area contributed by atoms with Crippen LogP contribution in [0.15, 0.2) is 33.5 Å². The molecular weight excluding hydrogens is 188 g/mol. The molecule has 0 radical (unpaired) electrons. The van der Waals surface area contributed by atoms with E-state index < -0.39 is 0 Å². The second-order valence-electron chi connectivity index (χ2n) is 4.48. The molecule has 0 N–H and O–H groups in total. The van der Waals surface area contributed by atoms with E-state index in [4.69, 9.17) is 8.83 Å². The van der Waals surface area contributed by atoms with Crippen molar-refractivity contribution in [1.82, 2.24) is 0 Å². The number of hydrogen-bond donors (Lipinski definition) is 0. The molecule has 0 aliphatic carbocycles. The first-order chi connectivity index (χ1) is 7.03. The zero-order valence-corrected chi connectivity index (χ0v) is 9.63. The van der Waals surface area contributed by atoms with Gasteiger partial charge in [0.15, 0.2) is 0 Å². The van der Waals surface area contributed by atoms with E-state index >= 15 is 0 Å². The van der Waals surface area contributed by atoms with Crippen LogP contribution in [0.4, 0.5) is 0 Å². The first-order valence-corrected chi connectivity index (χ1v) is 5.12. The summed E-state index contributed by atoms with van der Waals surface area (Å²) in [5.74, 6) is 1.91. The lowest BCUT2D eigenvalue weighted by Crippen LogP contribution is -2.18. The largest absolute Gasteiger partial charge is 0.468 e. The van der Waals surface area contributed by atoms with Crippen molar-refractivity contribution in [2.75, 3.05) is 0 Å². The Hall–Kier alpha value is -1.44. The van der Waals surface area contributed by atoms with Crippen molar-refractivity contribution in [3.63, 3.8) is 0 Å². The van der Waals surface area contributed by atoms with Crippen LogP contribution in [0.1, 0.15) is 36.5 Å². The van der Waals surface area contributed by atoms with E-state index in [0.29, 0.717) is 0 Å². The van der Waals surface area contributed by atoms with Crippen LogP contribution in [0.3, 0.4) is 0 Å². The Balaban J connectivity index is 2.51. The third-order valence-electron chi connectivity index (χ3n) is 2.99. The van der Waals surface area contributed by atoms with Crippen molar-refractivity contribution in [1.29, 1.82) is 0 Å². The van der Waals surface area contributed by atoms with Crippen molar-refractivity contribution >= 4 is 0 Å². The Morgan fingerprint density at radius 3 is 2.33 bits per heavy atom.